The molecule has 0 aromatic heterocycles. The number of benzene rings is 4. The molecule has 0 amide bonds. The molecule has 0 heterocycles. The SMILES string of the molecule is c1ccc(SCc2cccc(CSc3ccccc3)c2[Te]c2ccccc2)cc1. The Bertz CT molecular complexity index is 957. The van der Waals surface area contributed by atoms with Gasteiger partial charge in [0.25, 0.3) is 0 Å². The van der Waals surface area contributed by atoms with E-state index < -0.39 is 20.9 Å². The van der Waals surface area contributed by atoms with Gasteiger partial charge in [0.15, 0.2) is 0 Å². The van der Waals surface area contributed by atoms with Crippen LogP contribution < -0.4 is 7.22 Å². The fourth-order valence-corrected chi connectivity index (χ4v) is 8.41. The van der Waals surface area contributed by atoms with Gasteiger partial charge in [-0.15, -0.1) is 0 Å². The van der Waals surface area contributed by atoms with Gasteiger partial charge in [0, 0.05) is 0 Å². The maximum absolute atomic E-state index is 2.33. The molecule has 0 aliphatic rings. The molecule has 4 rings (SSSR count). The first-order valence-electron chi connectivity index (χ1n) is 9.58. The summed E-state index contributed by atoms with van der Waals surface area (Å²) in [5, 5.41) is 0. The van der Waals surface area contributed by atoms with Gasteiger partial charge in [-0.05, 0) is 0 Å². The molecular formula is C26H22S2Te. The molecule has 144 valence electrons. The fourth-order valence-electron chi connectivity index (χ4n) is 2.96. The molecule has 0 spiro atoms. The van der Waals surface area contributed by atoms with Crippen LogP contribution in [0.15, 0.2) is 119 Å². The van der Waals surface area contributed by atoms with Crippen LogP contribution in [0.4, 0.5) is 0 Å². The van der Waals surface area contributed by atoms with Gasteiger partial charge in [-0.3, -0.25) is 0 Å². The van der Waals surface area contributed by atoms with E-state index in [-0.39, 0.29) is 0 Å². The van der Waals surface area contributed by atoms with Crippen LogP contribution in [0.5, 0.6) is 0 Å². The van der Waals surface area contributed by atoms with Crippen molar-refractivity contribution >= 4 is 51.7 Å². The zero-order valence-electron chi connectivity index (χ0n) is 16.0. The molecule has 29 heavy (non-hydrogen) atoms. The second kappa shape index (κ2) is 10.9. The molecule has 0 aliphatic carbocycles. The van der Waals surface area contributed by atoms with Crippen LogP contribution in [0.2, 0.25) is 0 Å². The van der Waals surface area contributed by atoms with E-state index in [0.29, 0.717) is 0 Å². The molecule has 0 saturated carbocycles. The van der Waals surface area contributed by atoms with E-state index in [2.05, 4.69) is 109 Å². The van der Waals surface area contributed by atoms with Crippen LogP contribution in [0, 0.1) is 0 Å². The predicted octanol–water partition coefficient (Wildman–Crippen LogP) is 5.93. The second-order valence-corrected chi connectivity index (χ2v) is 11.7. The Kier molecular flexibility index (Phi) is 7.79. The number of hydrogen-bond donors (Lipinski definition) is 0. The van der Waals surface area contributed by atoms with Gasteiger partial charge < -0.3 is 0 Å². The summed E-state index contributed by atoms with van der Waals surface area (Å²) in [6.45, 7) is 0. The minimum atomic E-state index is -0.423. The van der Waals surface area contributed by atoms with E-state index in [4.69, 9.17) is 0 Å². The summed E-state index contributed by atoms with van der Waals surface area (Å²) in [5.74, 6) is 2.06. The van der Waals surface area contributed by atoms with E-state index in [1.807, 2.05) is 23.5 Å². The van der Waals surface area contributed by atoms with Gasteiger partial charge in [0.2, 0.25) is 0 Å². The molecule has 4 aromatic carbocycles. The zero-order chi connectivity index (χ0) is 19.7. The molecule has 0 atom stereocenters. The van der Waals surface area contributed by atoms with Crippen molar-refractivity contribution in [2.75, 3.05) is 0 Å². The van der Waals surface area contributed by atoms with Crippen molar-refractivity contribution in [2.24, 2.45) is 0 Å². The van der Waals surface area contributed by atoms with E-state index in [9.17, 15) is 0 Å². The molecule has 0 radical (unpaired) electrons. The average Bonchev–Trinajstić information content (AvgIpc) is 2.79. The monoisotopic (exact) mass is 528 g/mol. The molecule has 3 heteroatoms. The third kappa shape index (κ3) is 6.17. The van der Waals surface area contributed by atoms with E-state index in [0.717, 1.165) is 11.5 Å². The summed E-state index contributed by atoms with van der Waals surface area (Å²) >= 11 is 3.45. The van der Waals surface area contributed by atoms with Gasteiger partial charge in [-0.2, -0.15) is 0 Å². The van der Waals surface area contributed by atoms with Gasteiger partial charge in [0.05, 0.1) is 0 Å². The predicted molar refractivity (Wildman–Crippen MR) is 130 cm³/mol. The maximum atomic E-state index is 2.33. The molecule has 0 unspecified atom stereocenters. The molecule has 0 nitrogen and oxygen atoms in total. The Hall–Kier alpha value is -1.63. The van der Waals surface area contributed by atoms with Crippen LogP contribution in [0.3, 0.4) is 0 Å². The van der Waals surface area contributed by atoms with Crippen LogP contribution in [0.25, 0.3) is 0 Å². The van der Waals surface area contributed by atoms with Crippen molar-refractivity contribution in [3.8, 4) is 0 Å². The molecular weight excluding hydrogens is 504 g/mol. The fraction of sp³-hybridized carbons (Fsp3) is 0.0769. The first kappa shape index (κ1) is 20.6. The number of hydrogen-bond acceptors (Lipinski definition) is 2. The van der Waals surface area contributed by atoms with Gasteiger partial charge in [-0.1, -0.05) is 0 Å². The molecule has 0 aliphatic heterocycles. The third-order valence-electron chi connectivity index (χ3n) is 4.42. The molecule has 0 saturated heterocycles. The van der Waals surface area contributed by atoms with Crippen molar-refractivity contribution in [2.45, 2.75) is 21.3 Å². The molecule has 0 bridgehead atoms. The molecule has 4 aromatic rings. The average molecular weight is 526 g/mol. The summed E-state index contributed by atoms with van der Waals surface area (Å²) in [6, 6.07) is 39.4. The molecule has 0 N–H and O–H groups in total. The summed E-state index contributed by atoms with van der Waals surface area (Å²) in [4.78, 5) is 2.67. The molecule has 0 fully saturated rings. The van der Waals surface area contributed by atoms with Crippen LogP contribution in [-0.4, -0.2) is 20.9 Å². The standard InChI is InChI=1S/C26H22S2Te/c1-4-13-23(14-5-1)27-19-21-11-10-12-22(20-28-24-15-6-2-7-16-24)26(21)29-25-17-8-3-9-18-25/h1-18H,19-20H2. The summed E-state index contributed by atoms with van der Waals surface area (Å²) in [7, 11) is 0. The quantitative estimate of drug-likeness (QED) is 0.207. The van der Waals surface area contributed by atoms with E-state index >= 15 is 0 Å². The van der Waals surface area contributed by atoms with Crippen molar-refractivity contribution in [3.05, 3.63) is 120 Å². The van der Waals surface area contributed by atoms with Gasteiger partial charge in [0.1, 0.15) is 0 Å². The van der Waals surface area contributed by atoms with E-state index in [1.165, 1.54) is 24.5 Å². The van der Waals surface area contributed by atoms with Gasteiger partial charge >= 0.3 is 193 Å². The Morgan fingerprint density at radius 3 is 1.41 bits per heavy atom. The number of rotatable bonds is 8. The Labute approximate surface area is 192 Å². The summed E-state index contributed by atoms with van der Waals surface area (Å²) < 4.78 is 3.11. The number of thioether (sulfide) groups is 2. The first-order valence-corrected chi connectivity index (χ1v) is 13.9. The van der Waals surface area contributed by atoms with Crippen molar-refractivity contribution in [1.29, 1.82) is 0 Å². The Morgan fingerprint density at radius 1 is 0.483 bits per heavy atom. The Morgan fingerprint density at radius 2 is 0.931 bits per heavy atom. The van der Waals surface area contributed by atoms with Gasteiger partial charge in [-0.25, -0.2) is 0 Å². The van der Waals surface area contributed by atoms with Crippen LogP contribution in [-0.2, 0) is 11.5 Å². The minimum absolute atomic E-state index is 0.423. The van der Waals surface area contributed by atoms with Crippen molar-refractivity contribution in [1.82, 2.24) is 0 Å². The summed E-state index contributed by atoms with van der Waals surface area (Å²) in [5.41, 5.74) is 2.99. The topological polar surface area (TPSA) is 0 Å². The summed E-state index contributed by atoms with van der Waals surface area (Å²) in [6.07, 6.45) is 0. The second-order valence-electron chi connectivity index (χ2n) is 6.52. The zero-order valence-corrected chi connectivity index (χ0v) is 20.0. The van der Waals surface area contributed by atoms with E-state index in [1.54, 1.807) is 3.61 Å². The normalized spacial score (nSPS) is 10.8. The van der Waals surface area contributed by atoms with Crippen molar-refractivity contribution < 1.29 is 0 Å². The first-order chi connectivity index (χ1) is 14.4. The van der Waals surface area contributed by atoms with Crippen molar-refractivity contribution in [3.63, 3.8) is 0 Å². The van der Waals surface area contributed by atoms with Crippen LogP contribution in [0.1, 0.15) is 11.1 Å². The van der Waals surface area contributed by atoms with Crippen LogP contribution >= 0.6 is 23.5 Å². The Balaban J connectivity index is 1.58. The third-order valence-corrected chi connectivity index (χ3v) is 10.1.